The lowest BCUT2D eigenvalue weighted by atomic mass is 9.89. The summed E-state index contributed by atoms with van der Waals surface area (Å²) in [5, 5.41) is 0.642. The Hall–Kier alpha value is -2.37. The number of unbranched alkanes of at least 4 members (excludes halogenated alkanes) is 2. The number of rotatable bonds is 7. The molecule has 0 radical (unpaired) electrons. The van der Waals surface area contributed by atoms with E-state index in [1.807, 2.05) is 58.3 Å². The minimum Gasteiger partial charge on any atom is -0.310 e. The maximum Gasteiger partial charge on any atom is 0.256 e. The zero-order chi connectivity index (χ0) is 22.1. The predicted molar refractivity (Wildman–Crippen MR) is 126 cm³/mol. The van der Waals surface area contributed by atoms with E-state index in [-0.39, 0.29) is 11.8 Å². The van der Waals surface area contributed by atoms with Crippen molar-refractivity contribution in [3.8, 4) is 0 Å². The average Bonchev–Trinajstić information content (AvgIpc) is 3.51. The number of amides is 2. The van der Waals surface area contributed by atoms with Crippen molar-refractivity contribution in [2.75, 3.05) is 32.7 Å². The van der Waals surface area contributed by atoms with E-state index in [0.29, 0.717) is 30.1 Å². The van der Waals surface area contributed by atoms with Crippen molar-refractivity contribution in [3.05, 3.63) is 70.2 Å². The molecule has 2 aromatic carbocycles. The fraction of sp³-hybridized carbons (Fsp3) is 0.462. The standard InChI is InChI=1S/C26H30ClN3O2/c27-21-13-11-20(12-14-21)26-23-9-4-3-8-22(23)25(32)30(26)19-18-29(26)24(31)10-2-1-5-15-28-16-6-7-17-28/h3-4,8-9,11-14H,1-2,5-7,10,15-19H2. The molecule has 3 heterocycles. The van der Waals surface area contributed by atoms with E-state index in [4.69, 9.17) is 11.6 Å². The number of nitrogens with zero attached hydrogens (tertiary/aromatic N) is 3. The topological polar surface area (TPSA) is 43.9 Å². The molecule has 0 bridgehead atoms. The van der Waals surface area contributed by atoms with Crippen LogP contribution in [0.1, 0.15) is 60.0 Å². The largest absolute Gasteiger partial charge is 0.310 e. The molecule has 0 saturated carbocycles. The van der Waals surface area contributed by atoms with Crippen LogP contribution in [-0.2, 0) is 10.5 Å². The molecule has 2 saturated heterocycles. The fourth-order valence-corrected chi connectivity index (χ4v) is 5.84. The summed E-state index contributed by atoms with van der Waals surface area (Å²) in [5.74, 6) is 0.115. The summed E-state index contributed by atoms with van der Waals surface area (Å²) >= 11 is 6.17. The quantitative estimate of drug-likeness (QED) is 0.582. The summed E-state index contributed by atoms with van der Waals surface area (Å²) < 4.78 is 0. The Balaban J connectivity index is 1.37. The van der Waals surface area contributed by atoms with Crippen LogP contribution in [0.3, 0.4) is 0 Å². The molecule has 168 valence electrons. The first-order valence-corrected chi connectivity index (χ1v) is 12.2. The number of likely N-dealkylation sites (tertiary alicyclic amines) is 1. The van der Waals surface area contributed by atoms with E-state index < -0.39 is 5.66 Å². The highest BCUT2D eigenvalue weighted by molar-refractivity contribution is 6.30. The molecule has 3 aliphatic rings. The van der Waals surface area contributed by atoms with E-state index in [0.717, 1.165) is 36.9 Å². The first-order valence-electron chi connectivity index (χ1n) is 11.8. The Labute approximate surface area is 194 Å². The van der Waals surface area contributed by atoms with Gasteiger partial charge in [-0.2, -0.15) is 0 Å². The zero-order valence-corrected chi connectivity index (χ0v) is 19.2. The van der Waals surface area contributed by atoms with Gasteiger partial charge in [0.25, 0.3) is 5.91 Å². The van der Waals surface area contributed by atoms with Gasteiger partial charge in [-0.1, -0.05) is 48.4 Å². The average molecular weight is 452 g/mol. The number of halogens is 1. The number of hydrogen-bond donors (Lipinski definition) is 0. The molecule has 5 rings (SSSR count). The zero-order valence-electron chi connectivity index (χ0n) is 18.4. The van der Waals surface area contributed by atoms with Crippen molar-refractivity contribution >= 4 is 23.4 Å². The summed E-state index contributed by atoms with van der Waals surface area (Å²) in [6.45, 7) is 4.67. The molecule has 1 atom stereocenters. The molecule has 2 amide bonds. The Morgan fingerprint density at radius 3 is 2.44 bits per heavy atom. The second-order valence-corrected chi connectivity index (χ2v) is 9.52. The van der Waals surface area contributed by atoms with Crippen LogP contribution in [0.4, 0.5) is 0 Å². The van der Waals surface area contributed by atoms with Crippen LogP contribution in [0, 0.1) is 0 Å². The van der Waals surface area contributed by atoms with Crippen molar-refractivity contribution < 1.29 is 9.59 Å². The second kappa shape index (κ2) is 8.87. The van der Waals surface area contributed by atoms with Crippen molar-refractivity contribution in [1.82, 2.24) is 14.7 Å². The van der Waals surface area contributed by atoms with Gasteiger partial charge in [-0.25, -0.2) is 0 Å². The second-order valence-electron chi connectivity index (χ2n) is 9.09. The predicted octanol–water partition coefficient (Wildman–Crippen LogP) is 4.50. The van der Waals surface area contributed by atoms with Gasteiger partial charge in [-0.15, -0.1) is 0 Å². The number of fused-ring (bicyclic) bond motifs is 3. The first-order chi connectivity index (χ1) is 15.6. The van der Waals surface area contributed by atoms with Gasteiger partial charge in [-0.3, -0.25) is 9.59 Å². The molecule has 6 heteroatoms. The highest BCUT2D eigenvalue weighted by Crippen LogP contribution is 2.50. The molecule has 32 heavy (non-hydrogen) atoms. The minimum atomic E-state index is -0.870. The molecule has 3 aliphatic heterocycles. The fourth-order valence-electron chi connectivity index (χ4n) is 5.71. The molecule has 0 N–H and O–H groups in total. The highest BCUT2D eigenvalue weighted by Gasteiger charge is 2.59. The van der Waals surface area contributed by atoms with Crippen LogP contribution >= 0.6 is 11.6 Å². The van der Waals surface area contributed by atoms with Gasteiger partial charge < -0.3 is 14.7 Å². The molecule has 5 nitrogen and oxygen atoms in total. The van der Waals surface area contributed by atoms with E-state index >= 15 is 0 Å². The molecule has 2 aromatic rings. The van der Waals surface area contributed by atoms with Gasteiger partial charge in [0.1, 0.15) is 0 Å². The van der Waals surface area contributed by atoms with Crippen molar-refractivity contribution in [1.29, 1.82) is 0 Å². The Kier molecular flexibility index (Phi) is 5.95. The number of hydrogen-bond acceptors (Lipinski definition) is 3. The summed E-state index contributed by atoms with van der Waals surface area (Å²) in [4.78, 5) is 33.1. The summed E-state index contributed by atoms with van der Waals surface area (Å²) in [7, 11) is 0. The van der Waals surface area contributed by atoms with E-state index in [2.05, 4.69) is 4.90 Å². The third-order valence-electron chi connectivity index (χ3n) is 7.22. The van der Waals surface area contributed by atoms with Crippen molar-refractivity contribution in [2.24, 2.45) is 0 Å². The van der Waals surface area contributed by atoms with Crippen LogP contribution in [-0.4, -0.2) is 59.2 Å². The van der Waals surface area contributed by atoms with Gasteiger partial charge in [0.05, 0.1) is 0 Å². The minimum absolute atomic E-state index is 0.00327. The summed E-state index contributed by atoms with van der Waals surface area (Å²) in [6.07, 6.45) is 6.23. The molecular weight excluding hydrogens is 422 g/mol. The first kappa shape index (κ1) is 21.5. The van der Waals surface area contributed by atoms with Gasteiger partial charge in [0.2, 0.25) is 5.91 Å². The van der Waals surface area contributed by atoms with Gasteiger partial charge in [-0.05, 0) is 63.5 Å². The van der Waals surface area contributed by atoms with Crippen LogP contribution in [0.15, 0.2) is 48.5 Å². The Bertz CT molecular complexity index is 1000. The third kappa shape index (κ3) is 3.52. The SMILES string of the molecule is O=C(CCCCCN1CCCC1)N1CCN2C(=O)c3ccccc3C12c1ccc(Cl)cc1. The van der Waals surface area contributed by atoms with E-state index in [9.17, 15) is 9.59 Å². The molecule has 0 aliphatic carbocycles. The lowest BCUT2D eigenvalue weighted by molar-refractivity contribution is -0.136. The van der Waals surface area contributed by atoms with Crippen molar-refractivity contribution in [2.45, 2.75) is 44.2 Å². The normalized spacial score (nSPS) is 22.5. The van der Waals surface area contributed by atoms with Crippen LogP contribution in [0.25, 0.3) is 0 Å². The maximum absolute atomic E-state index is 13.5. The van der Waals surface area contributed by atoms with Crippen LogP contribution < -0.4 is 0 Å². The molecule has 2 fully saturated rings. The molecular formula is C26H30ClN3O2. The van der Waals surface area contributed by atoms with Crippen LogP contribution in [0.2, 0.25) is 5.02 Å². The Morgan fingerprint density at radius 1 is 0.906 bits per heavy atom. The summed E-state index contributed by atoms with van der Waals surface area (Å²) in [6, 6.07) is 15.3. The molecule has 1 unspecified atom stereocenters. The Morgan fingerprint density at radius 2 is 1.66 bits per heavy atom. The lowest BCUT2D eigenvalue weighted by Gasteiger charge is -2.40. The van der Waals surface area contributed by atoms with Gasteiger partial charge in [0.15, 0.2) is 5.66 Å². The highest BCUT2D eigenvalue weighted by atomic mass is 35.5. The van der Waals surface area contributed by atoms with E-state index in [1.165, 1.54) is 25.9 Å². The monoisotopic (exact) mass is 451 g/mol. The lowest BCUT2D eigenvalue weighted by Crippen LogP contribution is -2.51. The number of benzene rings is 2. The number of carbonyl (C=O) groups excluding carboxylic acids is 2. The number of carbonyl (C=O) groups is 2. The van der Waals surface area contributed by atoms with Gasteiger partial charge >= 0.3 is 0 Å². The molecule has 0 aromatic heterocycles. The maximum atomic E-state index is 13.5. The summed E-state index contributed by atoms with van der Waals surface area (Å²) in [5.41, 5.74) is 1.63. The smallest absolute Gasteiger partial charge is 0.256 e. The van der Waals surface area contributed by atoms with Crippen LogP contribution in [0.5, 0.6) is 0 Å². The third-order valence-corrected chi connectivity index (χ3v) is 7.47. The van der Waals surface area contributed by atoms with Gasteiger partial charge in [0, 0.05) is 41.2 Å². The molecule has 0 spiro atoms. The van der Waals surface area contributed by atoms with E-state index in [1.54, 1.807) is 0 Å². The van der Waals surface area contributed by atoms with Crippen molar-refractivity contribution in [3.63, 3.8) is 0 Å².